The Kier molecular flexibility index (Phi) is 4.79. The topological polar surface area (TPSA) is 24.1 Å². The van der Waals surface area contributed by atoms with Gasteiger partial charge in [-0.2, -0.15) is 0 Å². The SMILES string of the molecule is Clc1ccc(Cc2ccc(NC3CCNCC3)cc2)cc1. The molecule has 1 heterocycles. The van der Waals surface area contributed by atoms with Gasteiger partial charge in [0.05, 0.1) is 0 Å². The van der Waals surface area contributed by atoms with Crippen molar-refractivity contribution in [2.45, 2.75) is 25.3 Å². The van der Waals surface area contributed by atoms with E-state index in [2.05, 4.69) is 47.0 Å². The normalized spacial score (nSPS) is 15.9. The predicted molar refractivity (Wildman–Crippen MR) is 90.2 cm³/mol. The highest BCUT2D eigenvalue weighted by Gasteiger charge is 2.12. The lowest BCUT2D eigenvalue weighted by Gasteiger charge is -2.24. The van der Waals surface area contributed by atoms with Gasteiger partial charge >= 0.3 is 0 Å². The van der Waals surface area contributed by atoms with Gasteiger partial charge in [0.2, 0.25) is 0 Å². The summed E-state index contributed by atoms with van der Waals surface area (Å²) in [5.41, 5.74) is 3.84. The summed E-state index contributed by atoms with van der Waals surface area (Å²) in [4.78, 5) is 0. The van der Waals surface area contributed by atoms with E-state index in [-0.39, 0.29) is 0 Å². The fourth-order valence-corrected chi connectivity index (χ4v) is 2.88. The molecule has 1 aliphatic heterocycles. The lowest BCUT2D eigenvalue weighted by molar-refractivity contribution is 0.479. The van der Waals surface area contributed by atoms with Crippen LogP contribution in [0.5, 0.6) is 0 Å². The minimum absolute atomic E-state index is 0.605. The van der Waals surface area contributed by atoms with Crippen LogP contribution in [-0.2, 0) is 6.42 Å². The van der Waals surface area contributed by atoms with Gasteiger partial charge in [0.15, 0.2) is 0 Å². The number of nitrogens with one attached hydrogen (secondary N) is 2. The fraction of sp³-hybridized carbons (Fsp3) is 0.333. The molecule has 2 N–H and O–H groups in total. The third-order valence-corrected chi connectivity index (χ3v) is 4.24. The molecule has 0 aromatic heterocycles. The average Bonchev–Trinajstić information content (AvgIpc) is 2.53. The highest BCUT2D eigenvalue weighted by atomic mass is 35.5. The molecule has 3 rings (SSSR count). The molecule has 0 spiro atoms. The van der Waals surface area contributed by atoms with Crippen LogP contribution in [0.2, 0.25) is 5.02 Å². The van der Waals surface area contributed by atoms with Crippen molar-refractivity contribution in [3.8, 4) is 0 Å². The third kappa shape index (κ3) is 4.23. The summed E-state index contributed by atoms with van der Waals surface area (Å²) in [6.07, 6.45) is 3.35. The number of hydrogen-bond acceptors (Lipinski definition) is 2. The first kappa shape index (κ1) is 14.4. The van der Waals surface area contributed by atoms with E-state index in [1.807, 2.05) is 12.1 Å². The van der Waals surface area contributed by atoms with Crippen molar-refractivity contribution in [1.29, 1.82) is 0 Å². The molecule has 0 unspecified atom stereocenters. The molecule has 1 fully saturated rings. The lowest BCUT2D eigenvalue weighted by atomic mass is 10.0. The number of benzene rings is 2. The summed E-state index contributed by atoms with van der Waals surface area (Å²) in [6, 6.07) is 17.5. The fourth-order valence-electron chi connectivity index (χ4n) is 2.76. The molecule has 2 nitrogen and oxygen atoms in total. The maximum absolute atomic E-state index is 5.92. The molecular formula is C18H21ClN2. The van der Waals surface area contributed by atoms with E-state index in [0.717, 1.165) is 24.5 Å². The molecule has 0 amide bonds. The largest absolute Gasteiger partial charge is 0.382 e. The maximum Gasteiger partial charge on any atom is 0.0406 e. The highest BCUT2D eigenvalue weighted by molar-refractivity contribution is 6.30. The average molecular weight is 301 g/mol. The standard InChI is InChI=1S/C18H21ClN2/c19-16-5-1-14(2-6-16)13-15-3-7-17(8-4-15)21-18-9-11-20-12-10-18/h1-8,18,20-21H,9-13H2. The van der Waals surface area contributed by atoms with Gasteiger partial charge in [-0.1, -0.05) is 35.9 Å². The molecule has 2 aromatic rings. The van der Waals surface area contributed by atoms with Crippen LogP contribution >= 0.6 is 11.6 Å². The van der Waals surface area contributed by atoms with Crippen LogP contribution in [0.4, 0.5) is 5.69 Å². The van der Waals surface area contributed by atoms with Crippen molar-refractivity contribution in [2.75, 3.05) is 18.4 Å². The van der Waals surface area contributed by atoms with Crippen LogP contribution in [0.25, 0.3) is 0 Å². The molecular weight excluding hydrogens is 280 g/mol. The minimum atomic E-state index is 0.605. The van der Waals surface area contributed by atoms with Gasteiger partial charge in [0, 0.05) is 16.8 Å². The first-order valence-electron chi connectivity index (χ1n) is 7.60. The van der Waals surface area contributed by atoms with E-state index in [1.54, 1.807) is 0 Å². The summed E-state index contributed by atoms with van der Waals surface area (Å²) in [6.45, 7) is 2.23. The van der Waals surface area contributed by atoms with Crippen LogP contribution in [-0.4, -0.2) is 19.1 Å². The van der Waals surface area contributed by atoms with E-state index in [0.29, 0.717) is 6.04 Å². The first-order chi connectivity index (χ1) is 10.3. The second kappa shape index (κ2) is 6.97. The van der Waals surface area contributed by atoms with Gasteiger partial charge in [-0.05, 0) is 67.7 Å². The van der Waals surface area contributed by atoms with Gasteiger partial charge in [-0.15, -0.1) is 0 Å². The predicted octanol–water partition coefficient (Wildman–Crippen LogP) is 4.09. The number of piperidine rings is 1. The van der Waals surface area contributed by atoms with Crippen LogP contribution in [0.1, 0.15) is 24.0 Å². The van der Waals surface area contributed by atoms with E-state index in [9.17, 15) is 0 Å². The van der Waals surface area contributed by atoms with E-state index >= 15 is 0 Å². The highest BCUT2D eigenvalue weighted by Crippen LogP contribution is 2.17. The molecule has 0 radical (unpaired) electrons. The maximum atomic E-state index is 5.92. The third-order valence-electron chi connectivity index (χ3n) is 3.99. The van der Waals surface area contributed by atoms with Crippen molar-refractivity contribution < 1.29 is 0 Å². The summed E-state index contributed by atoms with van der Waals surface area (Å²) < 4.78 is 0. The summed E-state index contributed by atoms with van der Waals surface area (Å²) in [5.74, 6) is 0. The Morgan fingerprint density at radius 3 is 2.10 bits per heavy atom. The molecule has 0 saturated carbocycles. The minimum Gasteiger partial charge on any atom is -0.382 e. The smallest absolute Gasteiger partial charge is 0.0406 e. The second-order valence-electron chi connectivity index (χ2n) is 5.67. The van der Waals surface area contributed by atoms with E-state index in [1.165, 1.54) is 29.7 Å². The Morgan fingerprint density at radius 1 is 0.905 bits per heavy atom. The van der Waals surface area contributed by atoms with E-state index < -0.39 is 0 Å². The lowest BCUT2D eigenvalue weighted by Crippen LogP contribution is -2.35. The zero-order chi connectivity index (χ0) is 14.5. The molecule has 0 atom stereocenters. The van der Waals surface area contributed by atoms with Crippen LogP contribution in [0, 0.1) is 0 Å². The van der Waals surface area contributed by atoms with Gasteiger partial charge in [0.1, 0.15) is 0 Å². The van der Waals surface area contributed by atoms with Crippen molar-refractivity contribution in [3.05, 3.63) is 64.7 Å². The van der Waals surface area contributed by atoms with Gasteiger partial charge in [0.25, 0.3) is 0 Å². The van der Waals surface area contributed by atoms with Crippen LogP contribution in [0.3, 0.4) is 0 Å². The number of halogens is 1. The van der Waals surface area contributed by atoms with Crippen molar-refractivity contribution >= 4 is 17.3 Å². The van der Waals surface area contributed by atoms with Crippen molar-refractivity contribution in [1.82, 2.24) is 5.32 Å². The summed E-state index contributed by atoms with van der Waals surface area (Å²) >= 11 is 5.92. The molecule has 110 valence electrons. The Labute approximate surface area is 131 Å². The van der Waals surface area contributed by atoms with Crippen LogP contribution in [0.15, 0.2) is 48.5 Å². The molecule has 2 aromatic carbocycles. The quantitative estimate of drug-likeness (QED) is 0.888. The van der Waals surface area contributed by atoms with Crippen molar-refractivity contribution in [2.24, 2.45) is 0 Å². The monoisotopic (exact) mass is 300 g/mol. The Balaban J connectivity index is 1.59. The van der Waals surface area contributed by atoms with Crippen LogP contribution < -0.4 is 10.6 Å². The first-order valence-corrected chi connectivity index (χ1v) is 7.98. The molecule has 0 aliphatic carbocycles. The summed E-state index contributed by atoms with van der Waals surface area (Å²) in [7, 11) is 0. The van der Waals surface area contributed by atoms with E-state index in [4.69, 9.17) is 11.6 Å². The number of rotatable bonds is 4. The molecule has 21 heavy (non-hydrogen) atoms. The van der Waals surface area contributed by atoms with Gasteiger partial charge < -0.3 is 10.6 Å². The second-order valence-corrected chi connectivity index (χ2v) is 6.11. The Bertz CT molecular complexity index is 557. The Hall–Kier alpha value is -1.51. The molecule has 0 bridgehead atoms. The number of hydrogen-bond donors (Lipinski definition) is 2. The zero-order valence-electron chi connectivity index (χ0n) is 12.1. The molecule has 1 saturated heterocycles. The zero-order valence-corrected chi connectivity index (χ0v) is 12.9. The van der Waals surface area contributed by atoms with Crippen molar-refractivity contribution in [3.63, 3.8) is 0 Å². The Morgan fingerprint density at radius 2 is 1.48 bits per heavy atom. The molecule has 3 heteroatoms. The van der Waals surface area contributed by atoms with Gasteiger partial charge in [-0.3, -0.25) is 0 Å². The summed E-state index contributed by atoms with van der Waals surface area (Å²) in [5, 5.41) is 7.81. The van der Waals surface area contributed by atoms with Gasteiger partial charge in [-0.25, -0.2) is 0 Å². The number of anilines is 1. The molecule has 1 aliphatic rings.